The van der Waals surface area contributed by atoms with Gasteiger partial charge in [-0.25, -0.2) is 0 Å². The molecule has 1 unspecified atom stereocenters. The van der Waals surface area contributed by atoms with Gasteiger partial charge < -0.3 is 10.5 Å². The number of likely N-dealkylation sites (N-methyl/N-ethyl adjacent to an activating group) is 1. The first-order valence-electron chi connectivity index (χ1n) is 8.19. The van der Waals surface area contributed by atoms with Crippen LogP contribution in [-0.2, 0) is 4.74 Å². The maximum absolute atomic E-state index is 6.16. The lowest BCUT2D eigenvalue weighted by molar-refractivity contribution is 0.00494. The van der Waals surface area contributed by atoms with E-state index in [0.29, 0.717) is 5.92 Å². The van der Waals surface area contributed by atoms with Crippen molar-refractivity contribution in [3.63, 3.8) is 0 Å². The molecule has 19 heavy (non-hydrogen) atoms. The molecule has 1 atom stereocenters. The van der Waals surface area contributed by atoms with Crippen molar-refractivity contribution in [3.05, 3.63) is 0 Å². The Labute approximate surface area is 118 Å². The van der Waals surface area contributed by atoms with Crippen LogP contribution in [0.2, 0.25) is 0 Å². The molecule has 1 aliphatic heterocycles. The number of rotatable bonds is 5. The van der Waals surface area contributed by atoms with Crippen molar-refractivity contribution in [2.45, 2.75) is 57.4 Å². The lowest BCUT2D eigenvalue weighted by Gasteiger charge is -2.47. The summed E-state index contributed by atoms with van der Waals surface area (Å²) in [6.07, 6.45) is 9.17. The average molecular weight is 268 g/mol. The molecule has 2 fully saturated rings. The van der Waals surface area contributed by atoms with Gasteiger partial charge in [-0.2, -0.15) is 0 Å². The normalized spacial score (nSPS) is 36.6. The van der Waals surface area contributed by atoms with E-state index in [9.17, 15) is 0 Å². The Morgan fingerprint density at radius 1 is 1.21 bits per heavy atom. The molecule has 0 aromatic carbocycles. The van der Waals surface area contributed by atoms with Crippen LogP contribution < -0.4 is 5.73 Å². The first-order chi connectivity index (χ1) is 9.20. The summed E-state index contributed by atoms with van der Waals surface area (Å²) in [5.41, 5.74) is 6.43. The molecule has 0 spiro atoms. The summed E-state index contributed by atoms with van der Waals surface area (Å²) in [6, 6.07) is 0. The minimum atomic E-state index is 0.267. The third-order valence-corrected chi connectivity index (χ3v) is 5.59. The predicted molar refractivity (Wildman–Crippen MR) is 80.2 cm³/mol. The Balaban J connectivity index is 1.88. The fourth-order valence-electron chi connectivity index (χ4n) is 3.90. The molecule has 1 aliphatic carbocycles. The Morgan fingerprint density at radius 2 is 1.95 bits per heavy atom. The Bertz CT molecular complexity index is 255. The van der Waals surface area contributed by atoms with Gasteiger partial charge in [0.25, 0.3) is 0 Å². The standard InChI is InChI=1S/C16H32N2O/c1-3-14-6-8-16(13-17,9-7-14)18(2)11-15-5-4-10-19-12-15/h14-15H,3-13,17H2,1-2H3. The SMILES string of the molecule is CCC1CCC(CN)(N(C)CC2CCCOC2)CC1. The van der Waals surface area contributed by atoms with Gasteiger partial charge in [0, 0.05) is 25.2 Å². The van der Waals surface area contributed by atoms with E-state index in [0.717, 1.165) is 32.2 Å². The molecule has 1 saturated heterocycles. The van der Waals surface area contributed by atoms with Crippen LogP contribution in [0, 0.1) is 11.8 Å². The molecule has 2 rings (SSSR count). The van der Waals surface area contributed by atoms with Gasteiger partial charge in [-0.15, -0.1) is 0 Å². The summed E-state index contributed by atoms with van der Waals surface area (Å²) >= 11 is 0. The average Bonchev–Trinajstić information content (AvgIpc) is 2.48. The highest BCUT2D eigenvalue weighted by Crippen LogP contribution is 2.37. The maximum atomic E-state index is 6.16. The third-order valence-electron chi connectivity index (χ3n) is 5.59. The van der Waals surface area contributed by atoms with Crippen LogP contribution in [0.15, 0.2) is 0 Å². The third kappa shape index (κ3) is 3.71. The summed E-state index contributed by atoms with van der Waals surface area (Å²) in [6.45, 7) is 6.20. The second-order valence-corrected chi connectivity index (χ2v) is 6.74. The lowest BCUT2D eigenvalue weighted by atomic mass is 9.74. The van der Waals surface area contributed by atoms with E-state index in [1.165, 1.54) is 44.9 Å². The number of ether oxygens (including phenoxy) is 1. The van der Waals surface area contributed by atoms with E-state index in [1.54, 1.807) is 0 Å². The molecular weight excluding hydrogens is 236 g/mol. The smallest absolute Gasteiger partial charge is 0.0506 e. The van der Waals surface area contributed by atoms with Crippen LogP contribution >= 0.6 is 0 Å². The van der Waals surface area contributed by atoms with Gasteiger partial charge in [0.1, 0.15) is 0 Å². The van der Waals surface area contributed by atoms with E-state index >= 15 is 0 Å². The van der Waals surface area contributed by atoms with Gasteiger partial charge in [-0.05, 0) is 57.4 Å². The molecule has 0 bridgehead atoms. The monoisotopic (exact) mass is 268 g/mol. The van der Waals surface area contributed by atoms with Crippen LogP contribution in [0.1, 0.15) is 51.9 Å². The Hall–Kier alpha value is -0.120. The van der Waals surface area contributed by atoms with Gasteiger partial charge in [0.05, 0.1) is 6.61 Å². The van der Waals surface area contributed by atoms with E-state index in [-0.39, 0.29) is 5.54 Å². The van der Waals surface area contributed by atoms with Crippen LogP contribution in [0.4, 0.5) is 0 Å². The minimum absolute atomic E-state index is 0.267. The molecule has 112 valence electrons. The summed E-state index contributed by atoms with van der Waals surface area (Å²) in [5.74, 6) is 1.65. The second-order valence-electron chi connectivity index (χ2n) is 6.74. The Morgan fingerprint density at radius 3 is 2.47 bits per heavy atom. The molecule has 3 heteroatoms. The van der Waals surface area contributed by atoms with Crippen LogP contribution in [-0.4, -0.2) is 43.8 Å². The highest BCUT2D eigenvalue weighted by Gasteiger charge is 2.37. The van der Waals surface area contributed by atoms with Crippen LogP contribution in [0.25, 0.3) is 0 Å². The second kappa shape index (κ2) is 7.05. The van der Waals surface area contributed by atoms with Crippen molar-refractivity contribution in [1.29, 1.82) is 0 Å². The topological polar surface area (TPSA) is 38.5 Å². The molecule has 1 saturated carbocycles. The van der Waals surface area contributed by atoms with E-state index in [4.69, 9.17) is 10.5 Å². The van der Waals surface area contributed by atoms with Crippen molar-refractivity contribution in [3.8, 4) is 0 Å². The van der Waals surface area contributed by atoms with Crippen molar-refractivity contribution in [2.24, 2.45) is 17.6 Å². The molecule has 0 radical (unpaired) electrons. The van der Waals surface area contributed by atoms with Crippen molar-refractivity contribution in [1.82, 2.24) is 4.90 Å². The molecule has 2 aliphatic rings. The largest absolute Gasteiger partial charge is 0.381 e. The molecule has 1 heterocycles. The highest BCUT2D eigenvalue weighted by molar-refractivity contribution is 4.95. The van der Waals surface area contributed by atoms with Crippen LogP contribution in [0.3, 0.4) is 0 Å². The molecule has 0 aromatic heterocycles. The van der Waals surface area contributed by atoms with E-state index < -0.39 is 0 Å². The fraction of sp³-hybridized carbons (Fsp3) is 1.00. The quantitative estimate of drug-likeness (QED) is 0.833. The van der Waals surface area contributed by atoms with Crippen LogP contribution in [0.5, 0.6) is 0 Å². The highest BCUT2D eigenvalue weighted by atomic mass is 16.5. The number of hydrogen-bond donors (Lipinski definition) is 1. The number of nitrogens with two attached hydrogens (primary N) is 1. The maximum Gasteiger partial charge on any atom is 0.0506 e. The van der Waals surface area contributed by atoms with Crippen molar-refractivity contribution >= 4 is 0 Å². The zero-order valence-electron chi connectivity index (χ0n) is 12.9. The summed E-state index contributed by atoms with van der Waals surface area (Å²) < 4.78 is 5.61. The van der Waals surface area contributed by atoms with Crippen molar-refractivity contribution < 1.29 is 4.74 Å². The Kier molecular flexibility index (Phi) is 5.67. The van der Waals surface area contributed by atoms with Gasteiger partial charge in [-0.3, -0.25) is 4.90 Å². The number of nitrogens with zero attached hydrogens (tertiary/aromatic N) is 1. The first kappa shape index (κ1) is 15.3. The van der Waals surface area contributed by atoms with E-state index in [1.807, 2.05) is 0 Å². The summed E-state index contributed by atoms with van der Waals surface area (Å²) in [5, 5.41) is 0. The molecule has 2 N–H and O–H groups in total. The summed E-state index contributed by atoms with van der Waals surface area (Å²) in [7, 11) is 2.29. The molecular formula is C16H32N2O. The van der Waals surface area contributed by atoms with Gasteiger partial charge in [0.15, 0.2) is 0 Å². The molecule has 0 amide bonds. The molecule has 0 aromatic rings. The number of hydrogen-bond acceptors (Lipinski definition) is 3. The van der Waals surface area contributed by atoms with Gasteiger partial charge in [-0.1, -0.05) is 13.3 Å². The minimum Gasteiger partial charge on any atom is -0.381 e. The first-order valence-corrected chi connectivity index (χ1v) is 8.19. The zero-order chi connectivity index (χ0) is 13.7. The predicted octanol–water partition coefficient (Wildman–Crippen LogP) is 2.64. The summed E-state index contributed by atoms with van der Waals surface area (Å²) in [4.78, 5) is 2.57. The van der Waals surface area contributed by atoms with Gasteiger partial charge >= 0.3 is 0 Å². The van der Waals surface area contributed by atoms with Gasteiger partial charge in [0.2, 0.25) is 0 Å². The van der Waals surface area contributed by atoms with Crippen molar-refractivity contribution in [2.75, 3.05) is 33.4 Å². The zero-order valence-corrected chi connectivity index (χ0v) is 12.9. The lowest BCUT2D eigenvalue weighted by Crippen LogP contribution is -2.55. The van der Waals surface area contributed by atoms with E-state index in [2.05, 4.69) is 18.9 Å². The molecule has 3 nitrogen and oxygen atoms in total. The fourth-order valence-corrected chi connectivity index (χ4v) is 3.90.